The third-order valence-corrected chi connectivity index (χ3v) is 3.54. The summed E-state index contributed by atoms with van der Waals surface area (Å²) in [5.41, 5.74) is 7.55. The quantitative estimate of drug-likeness (QED) is 0.869. The molecule has 0 aliphatic carbocycles. The number of hydrogen-bond donors (Lipinski definition) is 1. The number of rotatable bonds is 3. The fraction of sp³-hybridized carbons (Fsp3) is 0.500. The number of amides is 1. The van der Waals surface area contributed by atoms with Crippen molar-refractivity contribution in [2.45, 2.75) is 32.1 Å². The number of carbonyl (C=O) groups excluding carboxylic acids is 1. The van der Waals surface area contributed by atoms with Crippen molar-refractivity contribution in [1.29, 1.82) is 0 Å². The molecule has 1 aliphatic rings. The van der Waals surface area contributed by atoms with Crippen LogP contribution < -0.4 is 10.6 Å². The monoisotopic (exact) mass is 232 g/mol. The lowest BCUT2D eigenvalue weighted by atomic mass is 10.00. The van der Waals surface area contributed by atoms with E-state index < -0.39 is 0 Å². The molecule has 1 fully saturated rings. The molecule has 0 saturated carbocycles. The summed E-state index contributed by atoms with van der Waals surface area (Å²) < 4.78 is 0. The summed E-state index contributed by atoms with van der Waals surface area (Å²) in [5, 5.41) is 0. The summed E-state index contributed by atoms with van der Waals surface area (Å²) in [6, 6.07) is 8.22. The van der Waals surface area contributed by atoms with E-state index in [1.807, 2.05) is 19.1 Å². The Balaban J connectivity index is 2.09. The largest absolute Gasteiger partial charge is 0.372 e. The third kappa shape index (κ3) is 2.78. The molecule has 1 saturated heterocycles. The Morgan fingerprint density at radius 3 is 2.29 bits per heavy atom. The van der Waals surface area contributed by atoms with Gasteiger partial charge in [-0.3, -0.25) is 4.79 Å². The van der Waals surface area contributed by atoms with Crippen LogP contribution >= 0.6 is 0 Å². The smallest absolute Gasteiger partial charge is 0.224 e. The summed E-state index contributed by atoms with van der Waals surface area (Å²) in [4.78, 5) is 13.5. The zero-order chi connectivity index (χ0) is 12.3. The van der Waals surface area contributed by atoms with Crippen molar-refractivity contribution < 1.29 is 4.79 Å². The van der Waals surface area contributed by atoms with E-state index in [1.165, 1.54) is 24.9 Å². The van der Waals surface area contributed by atoms with E-state index in [2.05, 4.69) is 17.0 Å². The zero-order valence-electron chi connectivity index (χ0n) is 10.4. The Bertz CT molecular complexity index is 380. The summed E-state index contributed by atoms with van der Waals surface area (Å²) >= 11 is 0. The molecule has 0 radical (unpaired) electrons. The van der Waals surface area contributed by atoms with Crippen molar-refractivity contribution in [2.24, 2.45) is 5.73 Å². The van der Waals surface area contributed by atoms with Gasteiger partial charge in [-0.15, -0.1) is 0 Å². The predicted octanol–water partition coefficient (Wildman–Crippen LogP) is 2.27. The molecular weight excluding hydrogens is 212 g/mol. The van der Waals surface area contributed by atoms with Crippen molar-refractivity contribution in [3.8, 4) is 0 Å². The molecule has 1 aliphatic heterocycles. The van der Waals surface area contributed by atoms with E-state index in [1.54, 1.807) is 0 Å². The van der Waals surface area contributed by atoms with Crippen LogP contribution in [-0.4, -0.2) is 19.0 Å². The minimum absolute atomic E-state index is 0.203. The average Bonchev–Trinajstić information content (AvgIpc) is 2.39. The van der Waals surface area contributed by atoms with Crippen molar-refractivity contribution in [1.82, 2.24) is 0 Å². The topological polar surface area (TPSA) is 46.3 Å². The molecule has 0 bridgehead atoms. The molecule has 2 N–H and O–H groups in total. The van der Waals surface area contributed by atoms with Crippen molar-refractivity contribution in [2.75, 3.05) is 18.0 Å². The highest BCUT2D eigenvalue weighted by Crippen LogP contribution is 2.22. The van der Waals surface area contributed by atoms with Crippen LogP contribution in [0.5, 0.6) is 0 Å². The van der Waals surface area contributed by atoms with Crippen LogP contribution in [-0.2, 0) is 4.79 Å². The van der Waals surface area contributed by atoms with Crippen molar-refractivity contribution >= 4 is 11.6 Å². The van der Waals surface area contributed by atoms with Gasteiger partial charge in [0.2, 0.25) is 5.91 Å². The van der Waals surface area contributed by atoms with Gasteiger partial charge in [-0.25, -0.2) is 0 Å². The van der Waals surface area contributed by atoms with Gasteiger partial charge in [0.05, 0.1) is 5.92 Å². The van der Waals surface area contributed by atoms with Crippen LogP contribution in [0.1, 0.15) is 37.7 Å². The van der Waals surface area contributed by atoms with Crippen molar-refractivity contribution in [3.63, 3.8) is 0 Å². The first-order chi connectivity index (χ1) is 8.18. The van der Waals surface area contributed by atoms with Gasteiger partial charge in [0.1, 0.15) is 0 Å². The molecule has 1 amide bonds. The highest BCUT2D eigenvalue weighted by atomic mass is 16.1. The number of nitrogens with two attached hydrogens (primary N) is 1. The summed E-state index contributed by atoms with van der Waals surface area (Å²) in [6.07, 6.45) is 3.90. The van der Waals surface area contributed by atoms with Crippen LogP contribution in [0.15, 0.2) is 24.3 Å². The van der Waals surface area contributed by atoms with E-state index in [0.717, 1.165) is 18.7 Å². The van der Waals surface area contributed by atoms with Gasteiger partial charge >= 0.3 is 0 Å². The van der Waals surface area contributed by atoms with Crippen LogP contribution in [0.4, 0.5) is 5.69 Å². The van der Waals surface area contributed by atoms with E-state index in [4.69, 9.17) is 5.73 Å². The maximum absolute atomic E-state index is 11.1. The van der Waals surface area contributed by atoms with Crippen LogP contribution in [0, 0.1) is 0 Å². The lowest BCUT2D eigenvalue weighted by Crippen LogP contribution is -2.29. The summed E-state index contributed by atoms with van der Waals surface area (Å²) in [5.74, 6) is -0.471. The molecule has 0 spiro atoms. The lowest BCUT2D eigenvalue weighted by molar-refractivity contribution is -0.119. The number of piperidine rings is 1. The van der Waals surface area contributed by atoms with Gasteiger partial charge in [-0.1, -0.05) is 12.1 Å². The number of carbonyl (C=O) groups is 1. The molecule has 3 heteroatoms. The highest BCUT2D eigenvalue weighted by Gasteiger charge is 2.13. The Labute approximate surface area is 103 Å². The first-order valence-corrected chi connectivity index (χ1v) is 6.32. The Kier molecular flexibility index (Phi) is 3.67. The standard InChI is InChI=1S/C14H20N2O/c1-11(14(15)17)12-5-7-13(8-6-12)16-9-3-2-4-10-16/h5-8,11H,2-4,9-10H2,1H3,(H2,15,17)/t11-/m1/s1. The first-order valence-electron chi connectivity index (χ1n) is 6.32. The zero-order valence-corrected chi connectivity index (χ0v) is 10.4. The van der Waals surface area contributed by atoms with Crippen molar-refractivity contribution in [3.05, 3.63) is 29.8 Å². The van der Waals surface area contributed by atoms with Gasteiger partial charge in [-0.05, 0) is 43.9 Å². The van der Waals surface area contributed by atoms with Gasteiger partial charge in [-0.2, -0.15) is 0 Å². The molecule has 3 nitrogen and oxygen atoms in total. The second-order valence-electron chi connectivity index (χ2n) is 4.76. The lowest BCUT2D eigenvalue weighted by Gasteiger charge is -2.29. The van der Waals surface area contributed by atoms with Crippen LogP contribution in [0.3, 0.4) is 0 Å². The molecule has 0 unspecified atom stereocenters. The molecule has 2 rings (SSSR count). The van der Waals surface area contributed by atoms with E-state index in [0.29, 0.717) is 0 Å². The van der Waals surface area contributed by atoms with Crippen LogP contribution in [0.25, 0.3) is 0 Å². The van der Waals surface area contributed by atoms with Crippen LogP contribution in [0.2, 0.25) is 0 Å². The first kappa shape index (κ1) is 12.0. The second kappa shape index (κ2) is 5.21. The molecule has 1 heterocycles. The number of hydrogen-bond acceptors (Lipinski definition) is 2. The Hall–Kier alpha value is -1.51. The Morgan fingerprint density at radius 1 is 1.18 bits per heavy atom. The molecule has 1 aromatic carbocycles. The molecule has 92 valence electrons. The SMILES string of the molecule is C[C@@H](C(N)=O)c1ccc(N2CCCCC2)cc1. The third-order valence-electron chi connectivity index (χ3n) is 3.54. The Morgan fingerprint density at radius 2 is 1.76 bits per heavy atom. The fourth-order valence-electron chi connectivity index (χ4n) is 2.29. The van der Waals surface area contributed by atoms with Gasteiger partial charge in [0.15, 0.2) is 0 Å². The molecular formula is C14H20N2O. The minimum atomic E-state index is -0.268. The number of benzene rings is 1. The van der Waals surface area contributed by atoms with Gasteiger partial charge in [0, 0.05) is 18.8 Å². The highest BCUT2D eigenvalue weighted by molar-refractivity contribution is 5.81. The van der Waals surface area contributed by atoms with E-state index in [-0.39, 0.29) is 11.8 Å². The maximum atomic E-state index is 11.1. The molecule has 1 atom stereocenters. The normalized spacial score (nSPS) is 17.8. The second-order valence-corrected chi connectivity index (χ2v) is 4.76. The molecule has 0 aromatic heterocycles. The summed E-state index contributed by atoms with van der Waals surface area (Å²) in [7, 11) is 0. The number of anilines is 1. The van der Waals surface area contributed by atoms with E-state index >= 15 is 0 Å². The van der Waals surface area contributed by atoms with Gasteiger partial charge < -0.3 is 10.6 Å². The minimum Gasteiger partial charge on any atom is -0.372 e. The molecule has 1 aromatic rings. The number of nitrogens with zero attached hydrogens (tertiary/aromatic N) is 1. The maximum Gasteiger partial charge on any atom is 0.224 e. The number of primary amides is 1. The fourth-order valence-corrected chi connectivity index (χ4v) is 2.29. The predicted molar refractivity (Wildman–Crippen MR) is 70.1 cm³/mol. The molecule has 17 heavy (non-hydrogen) atoms. The average molecular weight is 232 g/mol. The summed E-state index contributed by atoms with van der Waals surface area (Å²) in [6.45, 7) is 4.13. The van der Waals surface area contributed by atoms with Gasteiger partial charge in [0.25, 0.3) is 0 Å². The van der Waals surface area contributed by atoms with E-state index in [9.17, 15) is 4.79 Å².